The second-order valence-electron chi connectivity index (χ2n) is 4.11. The van der Waals surface area contributed by atoms with Gasteiger partial charge in [0.2, 0.25) is 0 Å². The predicted octanol–water partition coefficient (Wildman–Crippen LogP) is 2.40. The second-order valence-corrected chi connectivity index (χ2v) is 4.92. The van der Waals surface area contributed by atoms with Gasteiger partial charge in [0.25, 0.3) is 0 Å². The monoisotopic (exact) mass is 263 g/mol. The third kappa shape index (κ3) is 3.52. The Bertz CT molecular complexity index is 354. The van der Waals surface area contributed by atoms with Gasteiger partial charge in [-0.2, -0.15) is 0 Å². The molecule has 0 aromatic heterocycles. The molecule has 0 amide bonds. The third-order valence-electron chi connectivity index (χ3n) is 2.40. The van der Waals surface area contributed by atoms with Crippen molar-refractivity contribution in [2.45, 2.75) is 6.92 Å². The lowest BCUT2D eigenvalue weighted by molar-refractivity contribution is 0.0806. The number of nitrogens with one attached hydrogen (secondary N) is 1. The number of aliphatic hydroxyl groups excluding tert-OH is 2. The van der Waals surface area contributed by atoms with E-state index in [9.17, 15) is 0 Å². The maximum atomic E-state index is 9.11. The minimum atomic E-state index is -0.549. The molecule has 90 valence electrons. The van der Waals surface area contributed by atoms with Crippen molar-refractivity contribution in [2.75, 3.05) is 25.1 Å². The lowest BCUT2D eigenvalue weighted by atomic mass is 9.93. The molecule has 1 aromatic carbocycles. The number of halogens is 2. The Morgan fingerprint density at radius 3 is 2.31 bits per heavy atom. The standard InChI is InChI=1S/C11H15Cl2NO2/c1-11(6-15,7-16)5-14-8-2-3-9(12)10(13)4-8/h2-4,14-16H,5-7H2,1H3. The molecule has 5 heteroatoms. The number of hydrogen-bond acceptors (Lipinski definition) is 3. The summed E-state index contributed by atoms with van der Waals surface area (Å²) in [6, 6.07) is 5.20. The molecular formula is C11H15Cl2NO2. The molecule has 0 fully saturated rings. The zero-order valence-electron chi connectivity index (χ0n) is 9.00. The fraction of sp³-hybridized carbons (Fsp3) is 0.455. The Labute approximate surface area is 105 Å². The van der Waals surface area contributed by atoms with E-state index in [2.05, 4.69) is 5.32 Å². The maximum absolute atomic E-state index is 9.11. The Balaban J connectivity index is 2.64. The van der Waals surface area contributed by atoms with Crippen LogP contribution in [-0.4, -0.2) is 30.0 Å². The molecule has 0 spiro atoms. The Kier molecular flexibility index (Phi) is 4.87. The number of benzene rings is 1. The second kappa shape index (κ2) is 5.73. The van der Waals surface area contributed by atoms with Crippen molar-refractivity contribution < 1.29 is 10.2 Å². The third-order valence-corrected chi connectivity index (χ3v) is 3.14. The first-order chi connectivity index (χ1) is 7.50. The number of anilines is 1. The first-order valence-electron chi connectivity index (χ1n) is 4.91. The molecule has 0 heterocycles. The van der Waals surface area contributed by atoms with Gasteiger partial charge in [0.1, 0.15) is 0 Å². The quantitative estimate of drug-likeness (QED) is 0.765. The van der Waals surface area contributed by atoms with Crippen molar-refractivity contribution in [2.24, 2.45) is 5.41 Å². The van der Waals surface area contributed by atoms with Crippen molar-refractivity contribution in [3.05, 3.63) is 28.2 Å². The summed E-state index contributed by atoms with van der Waals surface area (Å²) in [5, 5.41) is 22.3. The van der Waals surface area contributed by atoms with Gasteiger partial charge in [-0.25, -0.2) is 0 Å². The predicted molar refractivity (Wildman–Crippen MR) is 67.2 cm³/mol. The van der Waals surface area contributed by atoms with Crippen LogP contribution in [0.4, 0.5) is 5.69 Å². The summed E-state index contributed by atoms with van der Waals surface area (Å²) >= 11 is 11.6. The lowest BCUT2D eigenvalue weighted by Gasteiger charge is -2.25. The largest absolute Gasteiger partial charge is 0.396 e. The van der Waals surface area contributed by atoms with E-state index in [-0.39, 0.29) is 13.2 Å². The lowest BCUT2D eigenvalue weighted by Crippen LogP contribution is -2.33. The van der Waals surface area contributed by atoms with Crippen molar-refractivity contribution in [3.8, 4) is 0 Å². The minimum absolute atomic E-state index is 0.0855. The highest BCUT2D eigenvalue weighted by Gasteiger charge is 2.21. The Hall–Kier alpha value is -0.480. The molecule has 3 nitrogen and oxygen atoms in total. The van der Waals surface area contributed by atoms with E-state index >= 15 is 0 Å². The van der Waals surface area contributed by atoms with Gasteiger partial charge in [-0.15, -0.1) is 0 Å². The van der Waals surface area contributed by atoms with Crippen LogP contribution in [0.2, 0.25) is 10.0 Å². The van der Waals surface area contributed by atoms with Crippen LogP contribution in [0.5, 0.6) is 0 Å². The summed E-state index contributed by atoms with van der Waals surface area (Å²) in [4.78, 5) is 0. The molecular weight excluding hydrogens is 249 g/mol. The smallest absolute Gasteiger partial charge is 0.0612 e. The minimum Gasteiger partial charge on any atom is -0.396 e. The first-order valence-corrected chi connectivity index (χ1v) is 5.67. The molecule has 0 aliphatic carbocycles. The number of rotatable bonds is 5. The van der Waals surface area contributed by atoms with E-state index in [0.29, 0.717) is 16.6 Å². The number of hydrogen-bond donors (Lipinski definition) is 3. The Morgan fingerprint density at radius 1 is 1.19 bits per heavy atom. The fourth-order valence-electron chi connectivity index (χ4n) is 1.08. The van der Waals surface area contributed by atoms with Crippen LogP contribution in [0.15, 0.2) is 18.2 Å². The Morgan fingerprint density at radius 2 is 1.81 bits per heavy atom. The van der Waals surface area contributed by atoms with E-state index in [1.807, 2.05) is 0 Å². The molecule has 3 N–H and O–H groups in total. The summed E-state index contributed by atoms with van der Waals surface area (Å²) in [5.41, 5.74) is 0.258. The highest BCUT2D eigenvalue weighted by atomic mass is 35.5. The molecule has 0 radical (unpaired) electrons. The first kappa shape index (κ1) is 13.6. The summed E-state index contributed by atoms with van der Waals surface area (Å²) in [7, 11) is 0. The van der Waals surface area contributed by atoms with Crippen molar-refractivity contribution in [3.63, 3.8) is 0 Å². The van der Waals surface area contributed by atoms with E-state index < -0.39 is 5.41 Å². The van der Waals surface area contributed by atoms with Gasteiger partial charge in [-0.1, -0.05) is 30.1 Å². The molecule has 1 aromatic rings. The van der Waals surface area contributed by atoms with E-state index in [1.165, 1.54) is 0 Å². The molecule has 0 aliphatic rings. The summed E-state index contributed by atoms with van der Waals surface area (Å²) in [6.45, 7) is 2.07. The van der Waals surface area contributed by atoms with E-state index in [4.69, 9.17) is 33.4 Å². The van der Waals surface area contributed by atoms with Gasteiger partial charge in [0.05, 0.1) is 23.3 Å². The number of aliphatic hydroxyl groups is 2. The molecule has 0 aliphatic heterocycles. The van der Waals surface area contributed by atoms with Crippen molar-refractivity contribution in [1.82, 2.24) is 0 Å². The zero-order chi connectivity index (χ0) is 12.2. The van der Waals surface area contributed by atoms with Gasteiger partial charge in [0.15, 0.2) is 0 Å². The van der Waals surface area contributed by atoms with Gasteiger partial charge < -0.3 is 15.5 Å². The van der Waals surface area contributed by atoms with Gasteiger partial charge in [-0.3, -0.25) is 0 Å². The molecule has 16 heavy (non-hydrogen) atoms. The SMILES string of the molecule is CC(CO)(CO)CNc1ccc(Cl)c(Cl)c1. The molecule has 0 bridgehead atoms. The summed E-state index contributed by atoms with van der Waals surface area (Å²) in [5.74, 6) is 0. The zero-order valence-corrected chi connectivity index (χ0v) is 10.5. The molecule has 0 saturated carbocycles. The van der Waals surface area contributed by atoms with Crippen LogP contribution in [0.1, 0.15) is 6.92 Å². The van der Waals surface area contributed by atoms with Gasteiger partial charge >= 0.3 is 0 Å². The molecule has 0 atom stereocenters. The van der Waals surface area contributed by atoms with Crippen LogP contribution >= 0.6 is 23.2 Å². The summed E-state index contributed by atoms with van der Waals surface area (Å²) in [6.07, 6.45) is 0. The van der Waals surface area contributed by atoms with Gasteiger partial charge in [-0.05, 0) is 18.2 Å². The van der Waals surface area contributed by atoms with Crippen LogP contribution in [0, 0.1) is 5.41 Å². The van der Waals surface area contributed by atoms with Crippen molar-refractivity contribution in [1.29, 1.82) is 0 Å². The normalized spacial score (nSPS) is 11.6. The van der Waals surface area contributed by atoms with E-state index in [0.717, 1.165) is 5.69 Å². The molecule has 0 unspecified atom stereocenters. The van der Waals surface area contributed by atoms with E-state index in [1.54, 1.807) is 25.1 Å². The van der Waals surface area contributed by atoms with Crippen LogP contribution in [0.25, 0.3) is 0 Å². The summed E-state index contributed by atoms with van der Waals surface area (Å²) < 4.78 is 0. The van der Waals surface area contributed by atoms with Crippen LogP contribution in [-0.2, 0) is 0 Å². The topological polar surface area (TPSA) is 52.5 Å². The van der Waals surface area contributed by atoms with Crippen LogP contribution in [0.3, 0.4) is 0 Å². The fourth-order valence-corrected chi connectivity index (χ4v) is 1.38. The highest BCUT2D eigenvalue weighted by molar-refractivity contribution is 6.42. The van der Waals surface area contributed by atoms with Crippen molar-refractivity contribution >= 4 is 28.9 Å². The average molecular weight is 264 g/mol. The van der Waals surface area contributed by atoms with Gasteiger partial charge in [0, 0.05) is 17.6 Å². The van der Waals surface area contributed by atoms with Crippen LogP contribution < -0.4 is 5.32 Å². The molecule has 1 rings (SSSR count). The average Bonchev–Trinajstić information content (AvgIpc) is 2.30. The highest BCUT2D eigenvalue weighted by Crippen LogP contribution is 2.25. The maximum Gasteiger partial charge on any atom is 0.0612 e. The molecule has 0 saturated heterocycles.